The predicted molar refractivity (Wildman–Crippen MR) is 111 cm³/mol. The van der Waals surface area contributed by atoms with Crippen molar-refractivity contribution in [3.63, 3.8) is 0 Å². The maximum atomic E-state index is 13.7. The van der Waals surface area contributed by atoms with Crippen molar-refractivity contribution in [3.05, 3.63) is 71.0 Å². The van der Waals surface area contributed by atoms with E-state index in [-0.39, 0.29) is 11.3 Å². The summed E-state index contributed by atoms with van der Waals surface area (Å²) in [4.78, 5) is 24.9. The molecule has 5 heteroatoms. The number of benzene rings is 2. The summed E-state index contributed by atoms with van der Waals surface area (Å²) in [6.45, 7) is 7.39. The van der Waals surface area contributed by atoms with Crippen LogP contribution in [-0.4, -0.2) is 24.8 Å². The van der Waals surface area contributed by atoms with Gasteiger partial charge in [-0.3, -0.25) is 14.0 Å². The molecule has 0 heterocycles. The van der Waals surface area contributed by atoms with E-state index in [1.807, 2.05) is 45.0 Å². The number of rotatable bonds is 9. The van der Waals surface area contributed by atoms with Crippen molar-refractivity contribution in [1.82, 2.24) is 5.32 Å². The van der Waals surface area contributed by atoms with Gasteiger partial charge in [0, 0.05) is 23.1 Å². The maximum absolute atomic E-state index is 13.7. The topological polar surface area (TPSA) is 46.2 Å². The number of Topliss-reactive ketones (excluding diaryl/α,β-unsaturated/α-hetero) is 2. The molecular formula is C24H29F2NO2. The standard InChI is InChI=1S/C24H29F2NO2/c1-23(2,3)21(28)18-10-8-17(9-11-18)15-27-13-12-24(4,16-25)22(29)19-6-5-7-20(26)14-19/h5-11,14,27H,12-13,15-16H2,1-4H3. The molecule has 2 aromatic rings. The summed E-state index contributed by atoms with van der Waals surface area (Å²) in [5, 5.41) is 3.21. The van der Waals surface area contributed by atoms with Crippen LogP contribution < -0.4 is 5.32 Å². The summed E-state index contributed by atoms with van der Waals surface area (Å²) in [6, 6.07) is 12.8. The van der Waals surface area contributed by atoms with E-state index in [1.165, 1.54) is 18.2 Å². The van der Waals surface area contributed by atoms with Crippen LogP contribution in [-0.2, 0) is 6.54 Å². The first-order valence-corrected chi connectivity index (χ1v) is 9.77. The van der Waals surface area contributed by atoms with E-state index in [1.54, 1.807) is 6.92 Å². The summed E-state index contributed by atoms with van der Waals surface area (Å²) < 4.78 is 27.0. The monoisotopic (exact) mass is 401 g/mol. The Morgan fingerprint density at radius 2 is 1.59 bits per heavy atom. The summed E-state index contributed by atoms with van der Waals surface area (Å²) >= 11 is 0. The third kappa shape index (κ3) is 6.04. The number of carbonyl (C=O) groups is 2. The third-order valence-electron chi connectivity index (χ3n) is 5.01. The van der Waals surface area contributed by atoms with Crippen LogP contribution >= 0.6 is 0 Å². The second-order valence-electron chi connectivity index (χ2n) is 8.74. The lowest BCUT2D eigenvalue weighted by Gasteiger charge is -2.25. The third-order valence-corrected chi connectivity index (χ3v) is 5.01. The van der Waals surface area contributed by atoms with Crippen LogP contribution in [0.4, 0.5) is 8.78 Å². The molecule has 3 nitrogen and oxygen atoms in total. The van der Waals surface area contributed by atoms with Crippen molar-refractivity contribution < 1.29 is 18.4 Å². The SMILES string of the molecule is CC(C)(C)C(=O)c1ccc(CNCCC(C)(CF)C(=O)c2cccc(F)c2)cc1. The molecule has 1 N–H and O–H groups in total. The maximum Gasteiger partial charge on any atom is 0.171 e. The van der Waals surface area contributed by atoms with Crippen LogP contribution in [0.2, 0.25) is 0 Å². The van der Waals surface area contributed by atoms with Crippen molar-refractivity contribution in [2.45, 2.75) is 40.7 Å². The van der Waals surface area contributed by atoms with Crippen molar-refractivity contribution in [3.8, 4) is 0 Å². The molecule has 29 heavy (non-hydrogen) atoms. The predicted octanol–water partition coefficient (Wildman–Crippen LogP) is 5.39. The van der Waals surface area contributed by atoms with E-state index >= 15 is 0 Å². The molecule has 1 unspecified atom stereocenters. The Kier molecular flexibility index (Phi) is 7.42. The minimum Gasteiger partial charge on any atom is -0.313 e. The van der Waals surface area contributed by atoms with Crippen molar-refractivity contribution in [2.24, 2.45) is 10.8 Å². The van der Waals surface area contributed by atoms with Gasteiger partial charge in [0.05, 0.1) is 5.41 Å². The van der Waals surface area contributed by atoms with E-state index in [0.717, 1.165) is 11.6 Å². The van der Waals surface area contributed by atoms with Crippen LogP contribution in [0.3, 0.4) is 0 Å². The minimum atomic E-state index is -1.20. The van der Waals surface area contributed by atoms with Crippen molar-refractivity contribution in [1.29, 1.82) is 0 Å². The number of alkyl halides is 1. The van der Waals surface area contributed by atoms with Gasteiger partial charge in [-0.05, 0) is 37.6 Å². The molecule has 0 spiro atoms. The molecule has 0 bridgehead atoms. The summed E-state index contributed by atoms with van der Waals surface area (Å²) in [5.41, 5.74) is 0.222. The summed E-state index contributed by atoms with van der Waals surface area (Å²) in [5.74, 6) is -0.818. The number of halogens is 2. The fraction of sp³-hybridized carbons (Fsp3) is 0.417. The van der Waals surface area contributed by atoms with Crippen LogP contribution in [0.15, 0.2) is 48.5 Å². The molecule has 0 saturated carbocycles. The summed E-state index contributed by atoms with van der Waals surface area (Å²) in [7, 11) is 0. The van der Waals surface area contributed by atoms with Gasteiger partial charge in [0.15, 0.2) is 11.6 Å². The molecule has 1 atom stereocenters. The quantitative estimate of drug-likeness (QED) is 0.452. The zero-order valence-corrected chi connectivity index (χ0v) is 17.5. The Labute approximate surface area is 171 Å². The van der Waals surface area contributed by atoms with Gasteiger partial charge in [-0.15, -0.1) is 0 Å². The van der Waals surface area contributed by atoms with Gasteiger partial charge in [0.2, 0.25) is 0 Å². The summed E-state index contributed by atoms with van der Waals surface area (Å²) in [6.07, 6.45) is 0.291. The van der Waals surface area contributed by atoms with Gasteiger partial charge in [-0.2, -0.15) is 0 Å². The second-order valence-corrected chi connectivity index (χ2v) is 8.74. The van der Waals surface area contributed by atoms with E-state index in [9.17, 15) is 18.4 Å². The molecular weight excluding hydrogens is 372 g/mol. The van der Waals surface area contributed by atoms with E-state index < -0.39 is 29.1 Å². The van der Waals surface area contributed by atoms with Gasteiger partial charge in [-0.25, -0.2) is 4.39 Å². The zero-order chi connectivity index (χ0) is 21.7. The molecule has 0 aliphatic carbocycles. The Morgan fingerprint density at radius 1 is 0.931 bits per heavy atom. The number of carbonyl (C=O) groups excluding carboxylic acids is 2. The Bertz CT molecular complexity index is 856. The molecule has 0 radical (unpaired) electrons. The van der Waals surface area contributed by atoms with Crippen LogP contribution in [0.5, 0.6) is 0 Å². The van der Waals surface area contributed by atoms with Crippen LogP contribution in [0, 0.1) is 16.6 Å². The van der Waals surface area contributed by atoms with E-state index in [2.05, 4.69) is 5.32 Å². The zero-order valence-electron chi connectivity index (χ0n) is 17.5. The second kappa shape index (κ2) is 9.40. The van der Waals surface area contributed by atoms with Gasteiger partial charge in [0.1, 0.15) is 12.5 Å². The lowest BCUT2D eigenvalue weighted by molar-refractivity contribution is 0.0754. The van der Waals surface area contributed by atoms with Crippen molar-refractivity contribution in [2.75, 3.05) is 13.2 Å². The number of nitrogens with one attached hydrogen (secondary N) is 1. The number of hydrogen-bond donors (Lipinski definition) is 1. The lowest BCUT2D eigenvalue weighted by Crippen LogP contribution is -2.34. The highest BCUT2D eigenvalue weighted by atomic mass is 19.1. The van der Waals surface area contributed by atoms with Crippen molar-refractivity contribution >= 4 is 11.6 Å². The Morgan fingerprint density at radius 3 is 2.14 bits per heavy atom. The van der Waals surface area contributed by atoms with Gasteiger partial charge >= 0.3 is 0 Å². The number of hydrogen-bond acceptors (Lipinski definition) is 3. The molecule has 0 amide bonds. The molecule has 0 saturated heterocycles. The molecule has 0 aliphatic heterocycles. The molecule has 156 valence electrons. The largest absolute Gasteiger partial charge is 0.313 e. The molecule has 0 aliphatic rings. The fourth-order valence-corrected chi connectivity index (χ4v) is 3.02. The van der Waals surface area contributed by atoms with E-state index in [4.69, 9.17) is 0 Å². The first-order valence-electron chi connectivity index (χ1n) is 9.77. The Balaban J connectivity index is 1.91. The Hall–Kier alpha value is -2.40. The van der Waals surface area contributed by atoms with Crippen LogP contribution in [0.1, 0.15) is 60.4 Å². The average Bonchev–Trinajstić information content (AvgIpc) is 2.69. The number of ketones is 2. The molecule has 2 aromatic carbocycles. The van der Waals surface area contributed by atoms with Crippen LogP contribution in [0.25, 0.3) is 0 Å². The normalized spacial score (nSPS) is 13.7. The highest BCUT2D eigenvalue weighted by Crippen LogP contribution is 2.27. The lowest BCUT2D eigenvalue weighted by atomic mass is 9.80. The molecule has 0 fully saturated rings. The van der Waals surface area contributed by atoms with Gasteiger partial charge in [0.25, 0.3) is 0 Å². The minimum absolute atomic E-state index is 0.0894. The van der Waals surface area contributed by atoms with E-state index in [0.29, 0.717) is 25.1 Å². The van der Waals surface area contributed by atoms with Gasteiger partial charge in [-0.1, -0.05) is 57.2 Å². The molecule has 0 aromatic heterocycles. The highest BCUT2D eigenvalue weighted by molar-refractivity contribution is 6.00. The highest BCUT2D eigenvalue weighted by Gasteiger charge is 2.33. The van der Waals surface area contributed by atoms with Gasteiger partial charge < -0.3 is 5.32 Å². The molecule has 2 rings (SSSR count). The smallest absolute Gasteiger partial charge is 0.171 e. The first-order chi connectivity index (χ1) is 13.6. The first kappa shape index (κ1) is 22.9. The fourth-order valence-electron chi connectivity index (χ4n) is 3.02. The average molecular weight is 401 g/mol.